The van der Waals surface area contributed by atoms with Crippen LogP contribution in [0.5, 0.6) is 0 Å². The summed E-state index contributed by atoms with van der Waals surface area (Å²) in [6.07, 6.45) is 15.1. The van der Waals surface area contributed by atoms with Gasteiger partial charge >= 0.3 is 0 Å². The number of nitrogens with one attached hydrogen (secondary N) is 1. The van der Waals surface area contributed by atoms with Crippen molar-refractivity contribution in [3.05, 3.63) is 30.4 Å². The Hall–Kier alpha value is -1.42. The van der Waals surface area contributed by atoms with E-state index in [1.165, 1.54) is 37.7 Å². The summed E-state index contributed by atoms with van der Waals surface area (Å²) < 4.78 is 1.91. The SMILES string of the molecule is CCCCCCC(NCCC)c1cnn2ccncc12. The van der Waals surface area contributed by atoms with E-state index in [0.29, 0.717) is 6.04 Å². The largest absolute Gasteiger partial charge is 0.310 e. The normalized spacial score (nSPS) is 12.9. The Bertz CT molecular complexity index is 506. The van der Waals surface area contributed by atoms with E-state index < -0.39 is 0 Å². The van der Waals surface area contributed by atoms with Crippen LogP contribution in [0.1, 0.15) is 64.0 Å². The first-order valence-electron chi connectivity index (χ1n) is 7.87. The van der Waals surface area contributed by atoms with E-state index in [1.807, 2.05) is 23.1 Å². The summed E-state index contributed by atoms with van der Waals surface area (Å²) in [5, 5.41) is 8.09. The van der Waals surface area contributed by atoms with E-state index in [4.69, 9.17) is 0 Å². The van der Waals surface area contributed by atoms with Gasteiger partial charge in [0.15, 0.2) is 0 Å². The van der Waals surface area contributed by atoms with E-state index in [-0.39, 0.29) is 0 Å². The Labute approximate surface area is 121 Å². The Morgan fingerprint density at radius 1 is 1.15 bits per heavy atom. The molecule has 20 heavy (non-hydrogen) atoms. The molecule has 2 heterocycles. The van der Waals surface area contributed by atoms with Gasteiger partial charge in [0.05, 0.1) is 17.9 Å². The molecule has 0 saturated carbocycles. The predicted octanol–water partition coefficient (Wildman–Crippen LogP) is 3.74. The predicted molar refractivity (Wildman–Crippen MR) is 82.8 cm³/mol. The second kappa shape index (κ2) is 8.00. The van der Waals surface area contributed by atoms with Gasteiger partial charge in [0.25, 0.3) is 0 Å². The number of nitrogens with zero attached hydrogens (tertiary/aromatic N) is 3. The zero-order chi connectivity index (χ0) is 14.2. The molecule has 1 unspecified atom stereocenters. The van der Waals surface area contributed by atoms with Crippen molar-refractivity contribution in [3.8, 4) is 0 Å². The quantitative estimate of drug-likeness (QED) is 0.708. The molecule has 0 radical (unpaired) electrons. The Kier molecular flexibility index (Phi) is 5.99. The number of hydrogen-bond donors (Lipinski definition) is 1. The first kappa shape index (κ1) is 15.0. The van der Waals surface area contributed by atoms with Crippen molar-refractivity contribution in [2.75, 3.05) is 6.54 Å². The van der Waals surface area contributed by atoms with E-state index in [0.717, 1.165) is 18.5 Å². The van der Waals surface area contributed by atoms with Gasteiger partial charge in [-0.05, 0) is 19.4 Å². The third-order valence-electron chi connectivity index (χ3n) is 3.72. The highest BCUT2D eigenvalue weighted by molar-refractivity contribution is 5.53. The van der Waals surface area contributed by atoms with Crippen LogP contribution < -0.4 is 5.32 Å². The molecule has 0 saturated heterocycles. The maximum absolute atomic E-state index is 4.43. The van der Waals surface area contributed by atoms with Gasteiger partial charge in [-0.1, -0.05) is 39.5 Å². The van der Waals surface area contributed by atoms with Crippen molar-refractivity contribution in [1.82, 2.24) is 19.9 Å². The maximum Gasteiger partial charge on any atom is 0.0892 e. The van der Waals surface area contributed by atoms with E-state index >= 15 is 0 Å². The molecule has 4 nitrogen and oxygen atoms in total. The van der Waals surface area contributed by atoms with Crippen molar-refractivity contribution < 1.29 is 0 Å². The van der Waals surface area contributed by atoms with Crippen molar-refractivity contribution in [3.63, 3.8) is 0 Å². The molecule has 0 aromatic carbocycles. The summed E-state index contributed by atoms with van der Waals surface area (Å²) in [6, 6.07) is 0.397. The monoisotopic (exact) mass is 274 g/mol. The van der Waals surface area contributed by atoms with Gasteiger partial charge < -0.3 is 5.32 Å². The molecule has 0 bridgehead atoms. The van der Waals surface area contributed by atoms with Crippen LogP contribution in [0, 0.1) is 0 Å². The summed E-state index contributed by atoms with van der Waals surface area (Å²) in [6.45, 7) is 5.51. The van der Waals surface area contributed by atoms with Gasteiger partial charge in [0.2, 0.25) is 0 Å². The average Bonchev–Trinajstić information content (AvgIpc) is 2.91. The van der Waals surface area contributed by atoms with Gasteiger partial charge in [0, 0.05) is 24.0 Å². The van der Waals surface area contributed by atoms with Crippen LogP contribution in [0.3, 0.4) is 0 Å². The van der Waals surface area contributed by atoms with Crippen LogP contribution >= 0.6 is 0 Å². The molecular formula is C16H26N4. The summed E-state index contributed by atoms with van der Waals surface area (Å²) in [7, 11) is 0. The molecule has 0 fully saturated rings. The molecule has 0 aliphatic carbocycles. The van der Waals surface area contributed by atoms with Crippen molar-refractivity contribution >= 4 is 5.52 Å². The fourth-order valence-corrected chi connectivity index (χ4v) is 2.58. The maximum atomic E-state index is 4.43. The number of unbranched alkanes of at least 4 members (excludes halogenated alkanes) is 3. The lowest BCUT2D eigenvalue weighted by Gasteiger charge is -2.17. The molecule has 0 aliphatic rings. The number of hydrogen-bond acceptors (Lipinski definition) is 3. The van der Waals surface area contributed by atoms with Crippen LogP contribution in [0.15, 0.2) is 24.8 Å². The Balaban J connectivity index is 2.08. The summed E-state index contributed by atoms with van der Waals surface area (Å²) in [4.78, 5) is 4.23. The van der Waals surface area contributed by atoms with E-state index in [9.17, 15) is 0 Å². The van der Waals surface area contributed by atoms with Crippen LogP contribution in [0.2, 0.25) is 0 Å². The lowest BCUT2D eigenvalue weighted by atomic mass is 10.0. The molecule has 0 spiro atoms. The minimum absolute atomic E-state index is 0.397. The molecule has 0 aliphatic heterocycles. The molecule has 2 aromatic heterocycles. The molecule has 2 rings (SSSR count). The van der Waals surface area contributed by atoms with Gasteiger partial charge in [-0.3, -0.25) is 4.98 Å². The third-order valence-corrected chi connectivity index (χ3v) is 3.72. The minimum atomic E-state index is 0.397. The fourth-order valence-electron chi connectivity index (χ4n) is 2.58. The topological polar surface area (TPSA) is 42.2 Å². The fraction of sp³-hybridized carbons (Fsp3) is 0.625. The summed E-state index contributed by atoms with van der Waals surface area (Å²) in [5.41, 5.74) is 2.40. The standard InChI is InChI=1S/C16H26N4/c1-3-5-6-7-8-15(18-9-4-2)14-12-19-20-11-10-17-13-16(14)20/h10-13,15,18H,3-9H2,1-2H3. The second-order valence-electron chi connectivity index (χ2n) is 5.36. The van der Waals surface area contributed by atoms with Crippen LogP contribution in [-0.4, -0.2) is 21.1 Å². The Morgan fingerprint density at radius 3 is 2.85 bits per heavy atom. The number of aromatic nitrogens is 3. The minimum Gasteiger partial charge on any atom is -0.310 e. The summed E-state index contributed by atoms with van der Waals surface area (Å²) >= 11 is 0. The third kappa shape index (κ3) is 3.79. The lowest BCUT2D eigenvalue weighted by Crippen LogP contribution is -2.22. The molecule has 2 aromatic rings. The molecule has 4 heteroatoms. The first-order valence-corrected chi connectivity index (χ1v) is 7.87. The molecule has 110 valence electrons. The molecule has 1 atom stereocenters. The number of rotatable bonds is 9. The van der Waals surface area contributed by atoms with Crippen LogP contribution in [0.4, 0.5) is 0 Å². The molecule has 1 N–H and O–H groups in total. The highest BCUT2D eigenvalue weighted by Crippen LogP contribution is 2.23. The van der Waals surface area contributed by atoms with Crippen molar-refractivity contribution in [1.29, 1.82) is 0 Å². The lowest BCUT2D eigenvalue weighted by molar-refractivity contribution is 0.472. The van der Waals surface area contributed by atoms with Crippen LogP contribution in [0.25, 0.3) is 5.52 Å². The zero-order valence-corrected chi connectivity index (χ0v) is 12.7. The summed E-state index contributed by atoms with van der Waals surface area (Å²) in [5.74, 6) is 0. The highest BCUT2D eigenvalue weighted by atomic mass is 15.2. The van der Waals surface area contributed by atoms with E-state index in [2.05, 4.69) is 29.2 Å². The van der Waals surface area contributed by atoms with Gasteiger partial charge in [-0.25, -0.2) is 4.52 Å². The van der Waals surface area contributed by atoms with E-state index in [1.54, 1.807) is 6.20 Å². The Morgan fingerprint density at radius 2 is 2.05 bits per heavy atom. The van der Waals surface area contributed by atoms with Crippen molar-refractivity contribution in [2.45, 2.75) is 58.4 Å². The van der Waals surface area contributed by atoms with Crippen molar-refractivity contribution in [2.24, 2.45) is 0 Å². The van der Waals surface area contributed by atoms with Gasteiger partial charge in [-0.15, -0.1) is 0 Å². The second-order valence-corrected chi connectivity index (χ2v) is 5.36. The van der Waals surface area contributed by atoms with Gasteiger partial charge in [0.1, 0.15) is 0 Å². The smallest absolute Gasteiger partial charge is 0.0892 e. The molecular weight excluding hydrogens is 248 g/mol. The average molecular weight is 274 g/mol. The zero-order valence-electron chi connectivity index (χ0n) is 12.7. The van der Waals surface area contributed by atoms with Crippen LogP contribution in [-0.2, 0) is 0 Å². The first-order chi connectivity index (χ1) is 9.86. The number of fused-ring (bicyclic) bond motifs is 1. The van der Waals surface area contributed by atoms with Gasteiger partial charge in [-0.2, -0.15) is 5.10 Å². The molecule has 0 amide bonds. The highest BCUT2D eigenvalue weighted by Gasteiger charge is 2.15.